The third-order valence-electron chi connectivity index (χ3n) is 3.99. The van der Waals surface area contributed by atoms with Crippen molar-refractivity contribution in [1.82, 2.24) is 9.21 Å². The van der Waals surface area contributed by atoms with Crippen LogP contribution in [-0.2, 0) is 19.6 Å². The molecule has 0 unspecified atom stereocenters. The average Bonchev–Trinajstić information content (AvgIpc) is 2.80. The lowest BCUT2D eigenvalue weighted by atomic mass is 10.2. The van der Waals surface area contributed by atoms with Crippen molar-refractivity contribution in [3.63, 3.8) is 0 Å². The minimum absolute atomic E-state index is 0.132. The summed E-state index contributed by atoms with van der Waals surface area (Å²) in [6.45, 7) is 2.08. The molecule has 1 heterocycles. The lowest BCUT2D eigenvalue weighted by Crippen LogP contribution is -2.37. The number of hydrogen-bond donors (Lipinski definition) is 1. The van der Waals surface area contributed by atoms with Gasteiger partial charge in [-0.15, -0.1) is 0 Å². The molecule has 1 aromatic rings. The molecule has 1 aliphatic rings. The number of ether oxygens (including phenoxy) is 1. The van der Waals surface area contributed by atoms with Crippen molar-refractivity contribution in [3.05, 3.63) is 29.8 Å². The van der Waals surface area contributed by atoms with Gasteiger partial charge in [-0.2, -0.15) is 0 Å². The maximum Gasteiger partial charge on any atom is 0.339 e. The minimum Gasteiger partial charge on any atom is -0.465 e. The predicted molar refractivity (Wildman–Crippen MR) is 93.9 cm³/mol. The molecular formula is C16H23N3O5S. The number of rotatable bonds is 5. The molecule has 0 radical (unpaired) electrons. The second-order valence-electron chi connectivity index (χ2n) is 5.88. The van der Waals surface area contributed by atoms with Gasteiger partial charge in [-0.25, -0.2) is 17.5 Å². The van der Waals surface area contributed by atoms with Gasteiger partial charge in [0.05, 0.1) is 31.2 Å². The van der Waals surface area contributed by atoms with Crippen LogP contribution in [0.25, 0.3) is 0 Å². The summed E-state index contributed by atoms with van der Waals surface area (Å²) >= 11 is 0. The van der Waals surface area contributed by atoms with Gasteiger partial charge in [0.25, 0.3) is 0 Å². The quantitative estimate of drug-likeness (QED) is 0.754. The normalized spacial score (nSPS) is 16.9. The van der Waals surface area contributed by atoms with E-state index in [0.717, 1.165) is 0 Å². The number of para-hydroxylation sites is 1. The van der Waals surface area contributed by atoms with Crippen LogP contribution in [0.3, 0.4) is 0 Å². The summed E-state index contributed by atoms with van der Waals surface area (Å²) in [5.74, 6) is -0.779. The molecule has 1 aromatic carbocycles. The fourth-order valence-electron chi connectivity index (χ4n) is 2.71. The molecule has 1 aliphatic heterocycles. The first-order chi connectivity index (χ1) is 11.8. The monoisotopic (exact) mass is 369 g/mol. The standard InChI is InChI=1S/C16H23N3O5S/c1-24-16(21)13-6-3-4-7-14(13)17-15(20)12-18-8-5-9-19(11-10-18)25(2,22)23/h3-4,6-7H,5,8-12H2,1-2H3,(H,17,20). The summed E-state index contributed by atoms with van der Waals surface area (Å²) in [4.78, 5) is 25.9. The molecule has 1 N–H and O–H groups in total. The Morgan fingerprint density at radius 1 is 1.16 bits per heavy atom. The van der Waals surface area contributed by atoms with Gasteiger partial charge in [0.1, 0.15) is 0 Å². The number of carbonyl (C=O) groups is 2. The molecule has 0 aliphatic carbocycles. The zero-order valence-corrected chi connectivity index (χ0v) is 15.2. The lowest BCUT2D eigenvalue weighted by molar-refractivity contribution is -0.117. The first kappa shape index (κ1) is 19.4. The number of methoxy groups -OCH3 is 1. The van der Waals surface area contributed by atoms with Crippen LogP contribution < -0.4 is 5.32 Å². The van der Waals surface area contributed by atoms with E-state index in [1.54, 1.807) is 24.3 Å². The van der Waals surface area contributed by atoms with Crippen LogP contribution in [0, 0.1) is 0 Å². The van der Waals surface area contributed by atoms with Gasteiger partial charge in [0, 0.05) is 19.6 Å². The Morgan fingerprint density at radius 3 is 2.56 bits per heavy atom. The number of benzene rings is 1. The maximum absolute atomic E-state index is 12.3. The van der Waals surface area contributed by atoms with Crippen molar-refractivity contribution in [2.45, 2.75) is 6.42 Å². The second kappa shape index (κ2) is 8.41. The summed E-state index contributed by atoms with van der Waals surface area (Å²) < 4.78 is 29.4. The van der Waals surface area contributed by atoms with Crippen LogP contribution in [-0.4, -0.2) is 75.6 Å². The highest BCUT2D eigenvalue weighted by Gasteiger charge is 2.22. The third-order valence-corrected chi connectivity index (χ3v) is 5.29. The zero-order valence-electron chi connectivity index (χ0n) is 14.4. The summed E-state index contributed by atoms with van der Waals surface area (Å²) in [6, 6.07) is 6.63. The number of nitrogens with zero attached hydrogens (tertiary/aromatic N) is 2. The van der Waals surface area contributed by atoms with E-state index in [1.165, 1.54) is 17.7 Å². The number of hydrogen-bond acceptors (Lipinski definition) is 6. The summed E-state index contributed by atoms with van der Waals surface area (Å²) in [7, 11) is -1.93. The minimum atomic E-state index is -3.21. The van der Waals surface area contributed by atoms with Crippen molar-refractivity contribution >= 4 is 27.6 Å². The van der Waals surface area contributed by atoms with E-state index in [0.29, 0.717) is 38.3 Å². The molecule has 2 rings (SSSR count). The molecule has 1 amide bonds. The molecule has 0 atom stereocenters. The first-order valence-electron chi connectivity index (χ1n) is 7.96. The second-order valence-corrected chi connectivity index (χ2v) is 7.86. The molecule has 25 heavy (non-hydrogen) atoms. The largest absolute Gasteiger partial charge is 0.465 e. The smallest absolute Gasteiger partial charge is 0.339 e. The molecular weight excluding hydrogens is 346 g/mol. The topological polar surface area (TPSA) is 96.0 Å². The third kappa shape index (κ3) is 5.52. The van der Waals surface area contributed by atoms with Gasteiger partial charge in [0.15, 0.2) is 0 Å². The number of anilines is 1. The van der Waals surface area contributed by atoms with Gasteiger partial charge in [-0.05, 0) is 25.1 Å². The molecule has 0 bridgehead atoms. The Labute approximate surface area is 147 Å². The number of nitrogens with one attached hydrogen (secondary N) is 1. The van der Waals surface area contributed by atoms with Gasteiger partial charge in [-0.3, -0.25) is 9.69 Å². The van der Waals surface area contributed by atoms with Crippen LogP contribution >= 0.6 is 0 Å². The van der Waals surface area contributed by atoms with Crippen molar-refractivity contribution in [1.29, 1.82) is 0 Å². The SMILES string of the molecule is COC(=O)c1ccccc1NC(=O)CN1CCCN(S(C)(=O)=O)CC1. The summed E-state index contributed by atoms with van der Waals surface area (Å²) in [5, 5.41) is 2.72. The molecule has 9 heteroatoms. The Balaban J connectivity index is 1.96. The van der Waals surface area contributed by atoms with E-state index in [9.17, 15) is 18.0 Å². The number of esters is 1. The number of carbonyl (C=O) groups excluding carboxylic acids is 2. The number of amides is 1. The van der Waals surface area contributed by atoms with Crippen LogP contribution in [0.5, 0.6) is 0 Å². The molecule has 138 valence electrons. The first-order valence-corrected chi connectivity index (χ1v) is 9.81. The van der Waals surface area contributed by atoms with E-state index < -0.39 is 16.0 Å². The van der Waals surface area contributed by atoms with E-state index in [1.807, 2.05) is 4.90 Å². The van der Waals surface area contributed by atoms with Crippen LogP contribution in [0.4, 0.5) is 5.69 Å². The molecule has 1 saturated heterocycles. The number of sulfonamides is 1. The van der Waals surface area contributed by atoms with E-state index in [-0.39, 0.29) is 18.0 Å². The van der Waals surface area contributed by atoms with Crippen molar-refractivity contribution < 1.29 is 22.7 Å². The zero-order chi connectivity index (χ0) is 18.4. The van der Waals surface area contributed by atoms with Gasteiger partial charge >= 0.3 is 5.97 Å². The molecule has 0 spiro atoms. The molecule has 0 aromatic heterocycles. The fourth-order valence-corrected chi connectivity index (χ4v) is 3.58. The maximum atomic E-state index is 12.3. The Hall–Kier alpha value is -1.97. The fraction of sp³-hybridized carbons (Fsp3) is 0.500. The van der Waals surface area contributed by atoms with E-state index >= 15 is 0 Å². The van der Waals surface area contributed by atoms with Crippen LogP contribution in [0.1, 0.15) is 16.8 Å². The molecule has 1 fully saturated rings. The molecule has 8 nitrogen and oxygen atoms in total. The Kier molecular flexibility index (Phi) is 6.51. The van der Waals surface area contributed by atoms with Crippen LogP contribution in [0.2, 0.25) is 0 Å². The predicted octanol–water partition coefficient (Wildman–Crippen LogP) is 0.379. The van der Waals surface area contributed by atoms with Crippen molar-refractivity contribution in [2.24, 2.45) is 0 Å². The van der Waals surface area contributed by atoms with E-state index in [2.05, 4.69) is 5.32 Å². The van der Waals surface area contributed by atoms with Crippen molar-refractivity contribution in [2.75, 3.05) is 51.4 Å². The highest BCUT2D eigenvalue weighted by Crippen LogP contribution is 2.16. The van der Waals surface area contributed by atoms with Crippen LogP contribution in [0.15, 0.2) is 24.3 Å². The highest BCUT2D eigenvalue weighted by molar-refractivity contribution is 7.88. The Bertz CT molecular complexity index is 735. The molecule has 0 saturated carbocycles. The van der Waals surface area contributed by atoms with Gasteiger partial charge in [-0.1, -0.05) is 12.1 Å². The van der Waals surface area contributed by atoms with Gasteiger partial charge in [0.2, 0.25) is 15.9 Å². The van der Waals surface area contributed by atoms with Gasteiger partial charge < -0.3 is 10.1 Å². The lowest BCUT2D eigenvalue weighted by Gasteiger charge is -2.20. The highest BCUT2D eigenvalue weighted by atomic mass is 32.2. The summed E-state index contributed by atoms with van der Waals surface area (Å²) in [6.07, 6.45) is 1.86. The van der Waals surface area contributed by atoms with E-state index in [4.69, 9.17) is 4.74 Å². The average molecular weight is 369 g/mol. The summed E-state index contributed by atoms with van der Waals surface area (Å²) in [5.41, 5.74) is 0.685. The van der Waals surface area contributed by atoms with Crippen molar-refractivity contribution in [3.8, 4) is 0 Å². The Morgan fingerprint density at radius 2 is 1.88 bits per heavy atom.